The van der Waals surface area contributed by atoms with Crippen LogP contribution >= 0.6 is 22.7 Å². The van der Waals surface area contributed by atoms with Gasteiger partial charge in [-0.25, -0.2) is 8.42 Å². The summed E-state index contributed by atoms with van der Waals surface area (Å²) in [6, 6.07) is 7.02. The molecule has 0 aliphatic carbocycles. The Morgan fingerprint density at radius 1 is 1.32 bits per heavy atom. The standard InChI is InChI=1S/C12H10N2O2S3/c13-7-10-1-2-12(18-10)19(15,16)14-5-3-11-9(8-14)4-6-17-11/h1-2,4,6H,3,5,8H2. The fourth-order valence-corrected chi connectivity index (χ4v) is 5.64. The van der Waals surface area contributed by atoms with Gasteiger partial charge in [0, 0.05) is 18.0 Å². The van der Waals surface area contributed by atoms with E-state index in [2.05, 4.69) is 0 Å². The van der Waals surface area contributed by atoms with Crippen LogP contribution in [0.4, 0.5) is 0 Å². The first-order valence-corrected chi connectivity index (χ1v) is 8.80. The summed E-state index contributed by atoms with van der Waals surface area (Å²) in [7, 11) is -3.47. The number of nitriles is 1. The number of fused-ring (bicyclic) bond motifs is 1. The van der Waals surface area contributed by atoms with Gasteiger partial charge in [0.1, 0.15) is 15.2 Å². The van der Waals surface area contributed by atoms with E-state index in [9.17, 15) is 8.42 Å². The van der Waals surface area contributed by atoms with E-state index < -0.39 is 10.0 Å². The summed E-state index contributed by atoms with van der Waals surface area (Å²) >= 11 is 2.71. The first kappa shape index (κ1) is 12.8. The van der Waals surface area contributed by atoms with Crippen molar-refractivity contribution in [3.05, 3.63) is 38.9 Å². The van der Waals surface area contributed by atoms with Gasteiger partial charge in [-0.05, 0) is 35.6 Å². The average molecular weight is 310 g/mol. The van der Waals surface area contributed by atoms with E-state index >= 15 is 0 Å². The zero-order valence-corrected chi connectivity index (χ0v) is 12.3. The van der Waals surface area contributed by atoms with Gasteiger partial charge in [0.25, 0.3) is 10.0 Å². The first-order valence-electron chi connectivity index (χ1n) is 5.66. The molecule has 0 spiro atoms. The van der Waals surface area contributed by atoms with Crippen molar-refractivity contribution in [3.63, 3.8) is 0 Å². The number of hydrogen-bond donors (Lipinski definition) is 0. The van der Waals surface area contributed by atoms with E-state index in [1.54, 1.807) is 17.4 Å². The lowest BCUT2D eigenvalue weighted by atomic mass is 10.1. The van der Waals surface area contributed by atoms with Crippen molar-refractivity contribution in [1.82, 2.24) is 4.31 Å². The molecule has 0 fully saturated rings. The van der Waals surface area contributed by atoms with Crippen LogP contribution in [-0.4, -0.2) is 19.3 Å². The zero-order chi connectivity index (χ0) is 13.5. The number of thiophene rings is 2. The Bertz CT molecular complexity index is 752. The van der Waals surface area contributed by atoms with Crippen LogP contribution in [0.3, 0.4) is 0 Å². The van der Waals surface area contributed by atoms with Gasteiger partial charge < -0.3 is 0 Å². The maximum atomic E-state index is 12.5. The number of rotatable bonds is 2. The van der Waals surface area contributed by atoms with Crippen LogP contribution in [0, 0.1) is 11.3 Å². The summed E-state index contributed by atoms with van der Waals surface area (Å²) in [4.78, 5) is 1.70. The second kappa shape index (κ2) is 4.72. The summed E-state index contributed by atoms with van der Waals surface area (Å²) in [5.41, 5.74) is 1.09. The van der Waals surface area contributed by atoms with Crippen molar-refractivity contribution in [3.8, 4) is 6.07 Å². The SMILES string of the molecule is N#Cc1ccc(S(=O)(=O)N2CCc3sccc3C2)s1. The predicted octanol–water partition coefficient (Wildman–Crippen LogP) is 2.43. The third-order valence-electron chi connectivity index (χ3n) is 3.06. The molecular formula is C12H10N2O2S3. The number of sulfonamides is 1. The van der Waals surface area contributed by atoms with Crippen LogP contribution in [0.5, 0.6) is 0 Å². The molecule has 2 aromatic rings. The molecule has 0 unspecified atom stereocenters. The van der Waals surface area contributed by atoms with Gasteiger partial charge in [-0.1, -0.05) is 0 Å². The molecule has 0 bridgehead atoms. The van der Waals surface area contributed by atoms with Crippen molar-refractivity contribution >= 4 is 32.7 Å². The van der Waals surface area contributed by atoms with Gasteiger partial charge in [0.2, 0.25) is 0 Å². The molecule has 1 aliphatic rings. The summed E-state index contributed by atoms with van der Waals surface area (Å²) in [5, 5.41) is 10.8. The number of nitrogens with zero attached hydrogens (tertiary/aromatic N) is 2. The molecule has 3 heterocycles. The van der Waals surface area contributed by atoms with Gasteiger partial charge in [-0.2, -0.15) is 9.57 Å². The average Bonchev–Trinajstić information content (AvgIpc) is 3.06. The smallest absolute Gasteiger partial charge is 0.206 e. The van der Waals surface area contributed by atoms with E-state index in [0.717, 1.165) is 23.3 Å². The van der Waals surface area contributed by atoms with Crippen molar-refractivity contribution in [2.75, 3.05) is 6.54 Å². The molecule has 0 radical (unpaired) electrons. The van der Waals surface area contributed by atoms with Crippen molar-refractivity contribution in [2.45, 2.75) is 17.2 Å². The minimum atomic E-state index is -3.47. The van der Waals surface area contributed by atoms with Crippen LogP contribution in [0.15, 0.2) is 27.8 Å². The second-order valence-corrected chi connectivity index (χ2v) is 8.44. The highest BCUT2D eigenvalue weighted by atomic mass is 32.2. The third kappa shape index (κ3) is 2.21. The lowest BCUT2D eigenvalue weighted by Crippen LogP contribution is -2.34. The maximum absolute atomic E-state index is 12.5. The van der Waals surface area contributed by atoms with E-state index in [-0.39, 0.29) is 4.21 Å². The molecule has 0 N–H and O–H groups in total. The van der Waals surface area contributed by atoms with Crippen molar-refractivity contribution < 1.29 is 8.42 Å². The van der Waals surface area contributed by atoms with E-state index in [1.807, 2.05) is 17.5 Å². The summed E-state index contributed by atoms with van der Waals surface area (Å²) in [6.07, 6.45) is 0.767. The quantitative estimate of drug-likeness (QED) is 0.856. The molecule has 0 saturated carbocycles. The molecule has 0 saturated heterocycles. The monoisotopic (exact) mass is 310 g/mol. The Hall–Kier alpha value is -1.20. The van der Waals surface area contributed by atoms with E-state index in [0.29, 0.717) is 18.0 Å². The van der Waals surface area contributed by atoms with Gasteiger partial charge in [-0.15, -0.1) is 22.7 Å². The Morgan fingerprint density at radius 2 is 2.16 bits per heavy atom. The molecule has 4 nitrogen and oxygen atoms in total. The first-order chi connectivity index (χ1) is 9.11. The minimum Gasteiger partial charge on any atom is -0.206 e. The summed E-state index contributed by atoms with van der Waals surface area (Å²) in [5.74, 6) is 0. The minimum absolute atomic E-state index is 0.253. The Kier molecular flexibility index (Phi) is 3.19. The molecule has 0 aromatic carbocycles. The van der Waals surface area contributed by atoms with E-state index in [1.165, 1.54) is 15.2 Å². The topological polar surface area (TPSA) is 61.2 Å². The maximum Gasteiger partial charge on any atom is 0.252 e. The molecular weight excluding hydrogens is 300 g/mol. The molecule has 2 aromatic heterocycles. The molecule has 19 heavy (non-hydrogen) atoms. The Labute approximate surface area is 119 Å². The van der Waals surface area contributed by atoms with Crippen LogP contribution in [0.2, 0.25) is 0 Å². The molecule has 1 aliphatic heterocycles. The lowest BCUT2D eigenvalue weighted by Gasteiger charge is -2.25. The van der Waals surface area contributed by atoms with Crippen LogP contribution in [0.25, 0.3) is 0 Å². The Balaban J connectivity index is 1.92. The second-order valence-electron chi connectivity index (χ2n) is 4.19. The van der Waals surface area contributed by atoms with Gasteiger partial charge in [0.05, 0.1) is 0 Å². The third-order valence-corrected chi connectivity index (χ3v) is 7.38. The highest BCUT2D eigenvalue weighted by Crippen LogP contribution is 2.30. The van der Waals surface area contributed by atoms with Crippen LogP contribution in [0.1, 0.15) is 15.3 Å². The molecule has 98 valence electrons. The number of hydrogen-bond acceptors (Lipinski definition) is 5. The lowest BCUT2D eigenvalue weighted by molar-refractivity contribution is 0.395. The van der Waals surface area contributed by atoms with Gasteiger partial charge in [0.15, 0.2) is 0 Å². The van der Waals surface area contributed by atoms with Crippen molar-refractivity contribution in [2.24, 2.45) is 0 Å². The van der Waals surface area contributed by atoms with E-state index in [4.69, 9.17) is 5.26 Å². The highest BCUT2D eigenvalue weighted by Gasteiger charge is 2.29. The zero-order valence-electron chi connectivity index (χ0n) is 9.87. The largest absolute Gasteiger partial charge is 0.252 e. The highest BCUT2D eigenvalue weighted by molar-refractivity contribution is 7.91. The van der Waals surface area contributed by atoms with Gasteiger partial charge >= 0.3 is 0 Å². The van der Waals surface area contributed by atoms with Crippen LogP contribution in [-0.2, 0) is 23.0 Å². The van der Waals surface area contributed by atoms with Crippen LogP contribution < -0.4 is 0 Å². The molecule has 7 heteroatoms. The fourth-order valence-electron chi connectivity index (χ4n) is 2.07. The van der Waals surface area contributed by atoms with Gasteiger partial charge in [-0.3, -0.25) is 0 Å². The molecule has 0 amide bonds. The summed E-state index contributed by atoms with van der Waals surface area (Å²) in [6.45, 7) is 0.941. The Morgan fingerprint density at radius 3 is 2.89 bits per heavy atom. The fraction of sp³-hybridized carbons (Fsp3) is 0.250. The molecule has 3 rings (SSSR count). The summed E-state index contributed by atoms with van der Waals surface area (Å²) < 4.78 is 26.7. The van der Waals surface area contributed by atoms with Crippen molar-refractivity contribution in [1.29, 1.82) is 5.26 Å². The molecule has 0 atom stereocenters. The normalized spacial score (nSPS) is 15.9. The predicted molar refractivity (Wildman–Crippen MR) is 74.7 cm³/mol.